The normalized spacial score (nSPS) is 10.5. The fraction of sp³-hybridized carbons (Fsp3) is 0.308. The highest BCUT2D eigenvalue weighted by atomic mass is 35.5. The van der Waals surface area contributed by atoms with Crippen molar-refractivity contribution in [2.45, 2.75) is 26.8 Å². The lowest BCUT2D eigenvalue weighted by atomic mass is 10.3. The molecule has 0 saturated heterocycles. The number of hydrogen-bond donors (Lipinski definition) is 1. The molecule has 1 aromatic heterocycles. The predicted octanol–water partition coefficient (Wildman–Crippen LogP) is 4.00. The van der Waals surface area contributed by atoms with Gasteiger partial charge in [-0.3, -0.25) is 0 Å². The van der Waals surface area contributed by atoms with Crippen LogP contribution in [0.25, 0.3) is 0 Å². The molecule has 1 heterocycles. The van der Waals surface area contributed by atoms with Gasteiger partial charge in [0.1, 0.15) is 0 Å². The Balaban J connectivity index is 2.26. The lowest BCUT2D eigenvalue weighted by Crippen LogP contribution is -2.02. The van der Waals surface area contributed by atoms with Crippen molar-refractivity contribution in [2.24, 2.45) is 0 Å². The van der Waals surface area contributed by atoms with Gasteiger partial charge in [-0.05, 0) is 25.5 Å². The van der Waals surface area contributed by atoms with Gasteiger partial charge in [-0.2, -0.15) is 0 Å². The standard InChI is InChI=1S/C13H16ClN3/c1-3-8-17-9-10(2)15-13(17)16-12-7-5-4-6-11(12)14/h4-7,9H,3,8H2,1-2H3,(H,15,16). The average molecular weight is 250 g/mol. The molecule has 4 heteroatoms. The number of nitrogens with zero attached hydrogens (tertiary/aromatic N) is 2. The predicted molar refractivity (Wildman–Crippen MR) is 72.0 cm³/mol. The van der Waals surface area contributed by atoms with Crippen LogP contribution in [0, 0.1) is 6.92 Å². The number of hydrogen-bond acceptors (Lipinski definition) is 2. The number of benzene rings is 1. The first-order valence-corrected chi connectivity index (χ1v) is 6.14. The van der Waals surface area contributed by atoms with E-state index in [-0.39, 0.29) is 0 Å². The van der Waals surface area contributed by atoms with Crippen molar-refractivity contribution in [3.63, 3.8) is 0 Å². The van der Waals surface area contributed by atoms with Crippen LogP contribution in [-0.4, -0.2) is 9.55 Å². The van der Waals surface area contributed by atoms with E-state index in [0.717, 1.165) is 30.3 Å². The Bertz CT molecular complexity index is 505. The summed E-state index contributed by atoms with van der Waals surface area (Å²) >= 11 is 6.11. The zero-order valence-corrected chi connectivity index (χ0v) is 10.8. The van der Waals surface area contributed by atoms with Crippen LogP contribution in [0.3, 0.4) is 0 Å². The molecule has 0 spiro atoms. The number of imidazole rings is 1. The number of para-hydroxylation sites is 1. The van der Waals surface area contributed by atoms with E-state index in [9.17, 15) is 0 Å². The minimum absolute atomic E-state index is 0.705. The van der Waals surface area contributed by atoms with Crippen LogP contribution in [0.15, 0.2) is 30.5 Å². The fourth-order valence-electron chi connectivity index (χ4n) is 1.74. The Morgan fingerprint density at radius 1 is 1.35 bits per heavy atom. The molecular formula is C13H16ClN3. The Labute approximate surface area is 106 Å². The molecule has 1 N–H and O–H groups in total. The highest BCUT2D eigenvalue weighted by Gasteiger charge is 2.06. The monoisotopic (exact) mass is 249 g/mol. The summed E-state index contributed by atoms with van der Waals surface area (Å²) in [6, 6.07) is 7.68. The second kappa shape index (κ2) is 5.23. The molecule has 90 valence electrons. The van der Waals surface area contributed by atoms with Crippen LogP contribution in [0.2, 0.25) is 5.02 Å². The minimum atomic E-state index is 0.705. The summed E-state index contributed by atoms with van der Waals surface area (Å²) in [5.74, 6) is 0.845. The largest absolute Gasteiger partial charge is 0.324 e. The van der Waals surface area contributed by atoms with E-state index in [1.54, 1.807) is 0 Å². The summed E-state index contributed by atoms with van der Waals surface area (Å²) in [5, 5.41) is 3.97. The van der Waals surface area contributed by atoms with E-state index >= 15 is 0 Å². The molecule has 0 radical (unpaired) electrons. The van der Waals surface area contributed by atoms with Gasteiger partial charge in [-0.15, -0.1) is 0 Å². The van der Waals surface area contributed by atoms with E-state index in [4.69, 9.17) is 11.6 Å². The zero-order valence-electron chi connectivity index (χ0n) is 10.1. The highest BCUT2D eigenvalue weighted by Crippen LogP contribution is 2.24. The molecule has 1 aromatic carbocycles. The van der Waals surface area contributed by atoms with Gasteiger partial charge in [0.25, 0.3) is 0 Å². The highest BCUT2D eigenvalue weighted by molar-refractivity contribution is 6.33. The quantitative estimate of drug-likeness (QED) is 0.888. The van der Waals surface area contributed by atoms with Gasteiger partial charge in [-0.1, -0.05) is 30.7 Å². The number of nitrogens with one attached hydrogen (secondary N) is 1. The van der Waals surface area contributed by atoms with E-state index in [1.807, 2.05) is 37.4 Å². The third kappa shape index (κ3) is 2.80. The van der Waals surface area contributed by atoms with E-state index in [1.165, 1.54) is 0 Å². The summed E-state index contributed by atoms with van der Waals surface area (Å²) < 4.78 is 2.11. The minimum Gasteiger partial charge on any atom is -0.324 e. The van der Waals surface area contributed by atoms with E-state index < -0.39 is 0 Å². The number of anilines is 2. The molecule has 0 saturated carbocycles. The molecule has 0 aliphatic carbocycles. The summed E-state index contributed by atoms with van der Waals surface area (Å²) in [5.41, 5.74) is 1.89. The number of aromatic nitrogens is 2. The summed E-state index contributed by atoms with van der Waals surface area (Å²) in [7, 11) is 0. The van der Waals surface area contributed by atoms with Crippen molar-refractivity contribution < 1.29 is 0 Å². The number of aryl methyl sites for hydroxylation is 2. The van der Waals surface area contributed by atoms with Gasteiger partial charge in [-0.25, -0.2) is 4.98 Å². The first-order valence-electron chi connectivity index (χ1n) is 5.76. The molecule has 0 unspecified atom stereocenters. The number of rotatable bonds is 4. The molecule has 2 rings (SSSR count). The molecule has 3 nitrogen and oxygen atoms in total. The Hall–Kier alpha value is -1.48. The Kier molecular flexibility index (Phi) is 3.69. The summed E-state index contributed by atoms with van der Waals surface area (Å²) in [4.78, 5) is 4.46. The van der Waals surface area contributed by atoms with Gasteiger partial charge < -0.3 is 9.88 Å². The Morgan fingerprint density at radius 2 is 2.12 bits per heavy atom. The van der Waals surface area contributed by atoms with Crippen LogP contribution in [-0.2, 0) is 6.54 Å². The van der Waals surface area contributed by atoms with Crippen molar-refractivity contribution >= 4 is 23.2 Å². The van der Waals surface area contributed by atoms with Crippen LogP contribution < -0.4 is 5.32 Å². The van der Waals surface area contributed by atoms with Crippen molar-refractivity contribution in [3.8, 4) is 0 Å². The van der Waals surface area contributed by atoms with Crippen molar-refractivity contribution in [2.75, 3.05) is 5.32 Å². The third-order valence-electron chi connectivity index (χ3n) is 2.48. The van der Waals surface area contributed by atoms with Crippen LogP contribution in [0.4, 0.5) is 11.6 Å². The molecule has 0 aliphatic rings. The average Bonchev–Trinajstić information content (AvgIpc) is 2.63. The summed E-state index contributed by atoms with van der Waals surface area (Å²) in [6.45, 7) is 5.09. The second-order valence-corrected chi connectivity index (χ2v) is 4.41. The lowest BCUT2D eigenvalue weighted by Gasteiger charge is -2.09. The molecule has 2 aromatic rings. The van der Waals surface area contributed by atoms with Gasteiger partial charge in [0.05, 0.1) is 16.4 Å². The third-order valence-corrected chi connectivity index (χ3v) is 2.81. The molecular weight excluding hydrogens is 234 g/mol. The molecule has 0 bridgehead atoms. The maximum atomic E-state index is 6.11. The van der Waals surface area contributed by atoms with Crippen LogP contribution >= 0.6 is 11.6 Å². The van der Waals surface area contributed by atoms with Gasteiger partial charge >= 0.3 is 0 Å². The van der Waals surface area contributed by atoms with Crippen LogP contribution in [0.5, 0.6) is 0 Å². The first kappa shape index (κ1) is 12.0. The van der Waals surface area contributed by atoms with Gasteiger partial charge in [0, 0.05) is 12.7 Å². The molecule has 0 amide bonds. The maximum absolute atomic E-state index is 6.11. The molecule has 0 atom stereocenters. The van der Waals surface area contributed by atoms with Crippen molar-refractivity contribution in [1.29, 1.82) is 0 Å². The lowest BCUT2D eigenvalue weighted by molar-refractivity contribution is 0.686. The van der Waals surface area contributed by atoms with E-state index in [2.05, 4.69) is 21.8 Å². The summed E-state index contributed by atoms with van der Waals surface area (Å²) in [6.07, 6.45) is 3.12. The zero-order chi connectivity index (χ0) is 12.3. The fourth-order valence-corrected chi connectivity index (χ4v) is 1.92. The van der Waals surface area contributed by atoms with Gasteiger partial charge in [0.15, 0.2) is 0 Å². The molecule has 0 aliphatic heterocycles. The van der Waals surface area contributed by atoms with Crippen molar-refractivity contribution in [1.82, 2.24) is 9.55 Å². The smallest absolute Gasteiger partial charge is 0.207 e. The topological polar surface area (TPSA) is 29.9 Å². The first-order chi connectivity index (χ1) is 8.20. The van der Waals surface area contributed by atoms with Gasteiger partial charge in [0.2, 0.25) is 5.95 Å². The molecule has 0 fully saturated rings. The van der Waals surface area contributed by atoms with E-state index in [0.29, 0.717) is 5.02 Å². The molecule has 17 heavy (non-hydrogen) atoms. The van der Waals surface area contributed by atoms with Crippen molar-refractivity contribution in [3.05, 3.63) is 41.2 Å². The second-order valence-electron chi connectivity index (χ2n) is 4.00. The Morgan fingerprint density at radius 3 is 2.82 bits per heavy atom. The van der Waals surface area contributed by atoms with Crippen LogP contribution in [0.1, 0.15) is 19.0 Å². The SMILES string of the molecule is CCCn1cc(C)nc1Nc1ccccc1Cl. The maximum Gasteiger partial charge on any atom is 0.207 e. The number of halogens is 1.